The molecular weight excluding hydrogens is 492 g/mol. The maximum atomic E-state index is 12.3. The van der Waals surface area contributed by atoms with Crippen molar-refractivity contribution in [2.45, 2.75) is 51.0 Å². The summed E-state index contributed by atoms with van der Waals surface area (Å²) in [5.41, 5.74) is 2.50. The van der Waals surface area contributed by atoms with Gasteiger partial charge in [-0.1, -0.05) is 24.4 Å². The molecule has 2 aromatic rings. The molecule has 12 heteroatoms. The van der Waals surface area contributed by atoms with Gasteiger partial charge in [-0.15, -0.1) is 0 Å². The Bertz CT molecular complexity index is 1100. The third-order valence-electron chi connectivity index (χ3n) is 6.68. The normalized spacial score (nSPS) is 21.1. The van der Waals surface area contributed by atoms with Gasteiger partial charge in [0.15, 0.2) is 5.82 Å². The summed E-state index contributed by atoms with van der Waals surface area (Å²) < 4.78 is 30.2. The molecule has 1 aromatic carbocycles. The van der Waals surface area contributed by atoms with Gasteiger partial charge < -0.3 is 24.8 Å². The SMILES string of the molecule is COc1c(Nc2ncc(Cl)c(N[C@@H]3CCCC[C@@H]3CNS(=O)[O-])n2)ccc2c1CCCC(=O)N2C. The molecule has 2 aliphatic rings. The highest BCUT2D eigenvalue weighted by Gasteiger charge is 2.27. The predicted octanol–water partition coefficient (Wildman–Crippen LogP) is 3.54. The average molecular weight is 522 g/mol. The minimum atomic E-state index is -2.29. The van der Waals surface area contributed by atoms with Crippen LogP contribution in [-0.4, -0.2) is 51.4 Å². The molecule has 0 saturated heterocycles. The van der Waals surface area contributed by atoms with Crippen LogP contribution < -0.4 is 25.0 Å². The molecule has 3 atom stereocenters. The van der Waals surface area contributed by atoms with E-state index in [-0.39, 0.29) is 17.9 Å². The summed E-state index contributed by atoms with van der Waals surface area (Å²) in [7, 11) is 3.39. The number of ether oxygens (including phenoxy) is 1. The van der Waals surface area contributed by atoms with E-state index in [1.54, 1.807) is 19.1 Å². The number of rotatable bonds is 8. The van der Waals surface area contributed by atoms with E-state index in [1.165, 1.54) is 6.20 Å². The first-order valence-electron chi connectivity index (χ1n) is 11.7. The number of amides is 1. The number of benzene rings is 1. The lowest BCUT2D eigenvalue weighted by Crippen LogP contribution is -2.39. The summed E-state index contributed by atoms with van der Waals surface area (Å²) in [5, 5.41) is 7.02. The molecule has 1 unspecified atom stereocenters. The second-order valence-corrected chi connectivity index (χ2v) is 10.0. The number of aromatic nitrogens is 2. The van der Waals surface area contributed by atoms with E-state index >= 15 is 0 Å². The Morgan fingerprint density at radius 2 is 2.06 bits per heavy atom. The molecule has 4 rings (SSSR count). The topological polar surface area (TPSA) is 132 Å². The van der Waals surface area contributed by atoms with Gasteiger partial charge in [-0.05, 0) is 43.7 Å². The third kappa shape index (κ3) is 6.03. The van der Waals surface area contributed by atoms with Gasteiger partial charge in [0.05, 0.1) is 24.7 Å². The number of nitrogens with zero attached hydrogens (tertiary/aromatic N) is 3. The predicted molar refractivity (Wildman–Crippen MR) is 136 cm³/mol. The fourth-order valence-corrected chi connectivity index (χ4v) is 5.36. The highest BCUT2D eigenvalue weighted by molar-refractivity contribution is 7.77. The van der Waals surface area contributed by atoms with E-state index < -0.39 is 11.3 Å². The highest BCUT2D eigenvalue weighted by atomic mass is 35.5. The zero-order chi connectivity index (χ0) is 24.9. The van der Waals surface area contributed by atoms with Crippen molar-refractivity contribution in [3.8, 4) is 5.75 Å². The summed E-state index contributed by atoms with van der Waals surface area (Å²) in [6, 6.07) is 3.79. The number of fused-ring (bicyclic) bond motifs is 1. The Morgan fingerprint density at radius 3 is 2.83 bits per heavy atom. The molecular formula is C23H30ClN6O4S-. The Balaban J connectivity index is 1.56. The molecule has 190 valence electrons. The molecule has 2 heterocycles. The van der Waals surface area contributed by atoms with Crippen LogP contribution in [0, 0.1) is 5.92 Å². The van der Waals surface area contributed by atoms with Crippen LogP contribution in [0.1, 0.15) is 44.1 Å². The van der Waals surface area contributed by atoms with Crippen LogP contribution in [0.3, 0.4) is 0 Å². The van der Waals surface area contributed by atoms with Gasteiger partial charge in [-0.3, -0.25) is 9.00 Å². The number of methoxy groups -OCH3 is 1. The van der Waals surface area contributed by atoms with Crippen molar-refractivity contribution < 1.29 is 18.3 Å². The molecule has 1 aliphatic carbocycles. The van der Waals surface area contributed by atoms with Crippen molar-refractivity contribution in [1.82, 2.24) is 14.7 Å². The minimum Gasteiger partial charge on any atom is -0.760 e. The fraction of sp³-hybridized carbons (Fsp3) is 0.522. The maximum Gasteiger partial charge on any atom is 0.229 e. The van der Waals surface area contributed by atoms with Crippen molar-refractivity contribution in [2.75, 3.05) is 36.2 Å². The molecule has 0 bridgehead atoms. The molecule has 0 spiro atoms. The summed E-state index contributed by atoms with van der Waals surface area (Å²) >= 11 is 4.11. The van der Waals surface area contributed by atoms with Gasteiger partial charge in [0.2, 0.25) is 11.9 Å². The quantitative estimate of drug-likeness (QED) is 0.449. The van der Waals surface area contributed by atoms with E-state index in [1.807, 2.05) is 12.1 Å². The van der Waals surface area contributed by atoms with Crippen molar-refractivity contribution in [2.24, 2.45) is 5.92 Å². The minimum absolute atomic E-state index is 0.0372. The number of hydrogen-bond donors (Lipinski definition) is 3. The smallest absolute Gasteiger partial charge is 0.229 e. The van der Waals surface area contributed by atoms with Gasteiger partial charge in [0.1, 0.15) is 10.8 Å². The lowest BCUT2D eigenvalue weighted by atomic mass is 9.84. The summed E-state index contributed by atoms with van der Waals surface area (Å²) in [6.45, 7) is 0.366. The summed E-state index contributed by atoms with van der Waals surface area (Å²) in [5.74, 6) is 1.71. The van der Waals surface area contributed by atoms with Gasteiger partial charge >= 0.3 is 0 Å². The number of hydrogen-bond acceptors (Lipinski definition) is 8. The molecule has 1 aliphatic heterocycles. The first-order chi connectivity index (χ1) is 16.9. The fourth-order valence-electron chi connectivity index (χ4n) is 4.87. The second-order valence-electron chi connectivity index (χ2n) is 8.84. The van der Waals surface area contributed by atoms with E-state index in [0.717, 1.165) is 49.8 Å². The molecule has 1 aromatic heterocycles. The largest absolute Gasteiger partial charge is 0.760 e. The lowest BCUT2D eigenvalue weighted by molar-refractivity contribution is -0.118. The van der Waals surface area contributed by atoms with E-state index in [0.29, 0.717) is 41.2 Å². The molecule has 1 amide bonds. The Morgan fingerprint density at radius 1 is 1.26 bits per heavy atom. The standard InChI is InChI=1S/C23H31ClN6O4S/c1-30-19-11-10-18(21(34-2)15(19)7-5-9-20(30)31)28-23-25-13-16(24)22(29-23)27-17-8-4-3-6-14(17)12-26-35(32)33/h10-11,13-14,17,26H,3-9,12H2,1-2H3,(H,32,33)(H2,25,27,28,29)/p-1/t14-,17-/m1/s1. The molecule has 0 radical (unpaired) electrons. The molecule has 3 N–H and O–H groups in total. The Labute approximate surface area is 212 Å². The highest BCUT2D eigenvalue weighted by Crippen LogP contribution is 2.40. The zero-order valence-corrected chi connectivity index (χ0v) is 21.4. The summed E-state index contributed by atoms with van der Waals surface area (Å²) in [4.78, 5) is 22.9. The molecule has 10 nitrogen and oxygen atoms in total. The van der Waals surface area contributed by atoms with Crippen LogP contribution >= 0.6 is 11.6 Å². The van der Waals surface area contributed by atoms with Crippen molar-refractivity contribution in [3.63, 3.8) is 0 Å². The van der Waals surface area contributed by atoms with E-state index in [9.17, 15) is 13.6 Å². The third-order valence-corrected chi connectivity index (χ3v) is 7.36. The first-order valence-corrected chi connectivity index (χ1v) is 13.2. The second kappa shape index (κ2) is 11.5. The van der Waals surface area contributed by atoms with E-state index in [4.69, 9.17) is 16.3 Å². The Hall–Kier alpha value is -2.47. The number of anilines is 4. The van der Waals surface area contributed by atoms with Gasteiger partial charge in [-0.25, -0.2) is 9.71 Å². The number of nitrogens with one attached hydrogen (secondary N) is 3. The van der Waals surface area contributed by atoms with Crippen LogP contribution in [0.15, 0.2) is 18.3 Å². The zero-order valence-electron chi connectivity index (χ0n) is 19.8. The van der Waals surface area contributed by atoms with Crippen LogP contribution in [0.25, 0.3) is 0 Å². The molecule has 1 saturated carbocycles. The van der Waals surface area contributed by atoms with Crippen molar-refractivity contribution in [3.05, 3.63) is 28.9 Å². The van der Waals surface area contributed by atoms with Crippen molar-refractivity contribution in [1.29, 1.82) is 0 Å². The average Bonchev–Trinajstić information content (AvgIpc) is 2.98. The van der Waals surface area contributed by atoms with Crippen molar-refractivity contribution >= 4 is 51.9 Å². The van der Waals surface area contributed by atoms with Gasteiger partial charge in [-0.2, -0.15) is 4.98 Å². The Kier molecular flexibility index (Phi) is 8.42. The summed E-state index contributed by atoms with van der Waals surface area (Å²) in [6.07, 6.45) is 7.41. The van der Waals surface area contributed by atoms with Gasteiger partial charge in [0.25, 0.3) is 0 Å². The van der Waals surface area contributed by atoms with Crippen LogP contribution in [0.2, 0.25) is 5.02 Å². The van der Waals surface area contributed by atoms with Crippen LogP contribution in [-0.2, 0) is 22.5 Å². The number of carbonyl (C=O) groups is 1. The lowest BCUT2D eigenvalue weighted by Gasteiger charge is -2.33. The van der Waals surface area contributed by atoms with Crippen LogP contribution in [0.5, 0.6) is 5.75 Å². The van der Waals surface area contributed by atoms with Crippen LogP contribution in [0.4, 0.5) is 23.1 Å². The monoisotopic (exact) mass is 521 g/mol. The molecule has 1 fully saturated rings. The number of carbonyl (C=O) groups excluding carboxylic acids is 1. The van der Waals surface area contributed by atoms with Gasteiger partial charge in [0, 0.05) is 42.9 Å². The number of halogens is 1. The maximum absolute atomic E-state index is 12.3. The first kappa shape index (κ1) is 25.6. The van der Waals surface area contributed by atoms with E-state index in [2.05, 4.69) is 25.3 Å². The molecule has 35 heavy (non-hydrogen) atoms.